The number of aliphatic carboxylic acids is 1. The highest BCUT2D eigenvalue weighted by molar-refractivity contribution is 7.99. The van der Waals surface area contributed by atoms with Gasteiger partial charge in [-0.3, -0.25) is 4.79 Å². The van der Waals surface area contributed by atoms with Crippen LogP contribution in [-0.4, -0.2) is 26.4 Å². The summed E-state index contributed by atoms with van der Waals surface area (Å²) in [6.07, 6.45) is 3.66. The lowest BCUT2D eigenvalue weighted by Gasteiger charge is -2.07. The molecule has 2 aromatic rings. The molecule has 108 valence electrons. The lowest BCUT2D eigenvalue weighted by molar-refractivity contribution is -0.133. The predicted octanol–water partition coefficient (Wildman–Crippen LogP) is 2.88. The van der Waals surface area contributed by atoms with E-state index in [0.29, 0.717) is 16.2 Å². The van der Waals surface area contributed by atoms with Crippen LogP contribution in [-0.2, 0) is 11.3 Å². The summed E-state index contributed by atoms with van der Waals surface area (Å²) in [6.45, 7) is 0.831. The molecule has 1 aromatic heterocycles. The zero-order chi connectivity index (χ0) is 14.8. The van der Waals surface area contributed by atoms with Crippen molar-refractivity contribution in [3.8, 4) is 6.07 Å². The van der Waals surface area contributed by atoms with E-state index in [2.05, 4.69) is 15.6 Å². The van der Waals surface area contributed by atoms with Crippen molar-refractivity contribution >= 4 is 28.8 Å². The third-order valence-electron chi connectivity index (χ3n) is 3.65. The molecule has 0 radical (unpaired) electrons. The SMILES string of the molecule is N#Cc1cccc2c1nc(SCC(=O)O)n2CCC1CC1. The summed E-state index contributed by atoms with van der Waals surface area (Å²) in [5.74, 6) is -0.0884. The summed E-state index contributed by atoms with van der Waals surface area (Å²) in [4.78, 5) is 15.3. The van der Waals surface area contributed by atoms with E-state index in [1.54, 1.807) is 6.07 Å². The second-order valence-corrected chi connectivity index (χ2v) is 6.19. The van der Waals surface area contributed by atoms with Gasteiger partial charge in [-0.15, -0.1) is 0 Å². The largest absolute Gasteiger partial charge is 0.481 e. The number of hydrogen-bond donors (Lipinski definition) is 1. The fraction of sp³-hybridized carbons (Fsp3) is 0.400. The second-order valence-electron chi connectivity index (χ2n) is 5.25. The molecule has 1 aliphatic rings. The fourth-order valence-electron chi connectivity index (χ4n) is 2.39. The van der Waals surface area contributed by atoms with E-state index >= 15 is 0 Å². The first-order valence-electron chi connectivity index (χ1n) is 6.93. The maximum atomic E-state index is 10.8. The lowest BCUT2D eigenvalue weighted by Crippen LogP contribution is -2.04. The number of carboxylic acids is 1. The van der Waals surface area contributed by atoms with Crippen LogP contribution in [0.1, 0.15) is 24.8 Å². The standard InChI is InChI=1S/C15H15N3O2S/c16-8-11-2-1-3-12-14(11)17-15(21-9-13(19)20)18(12)7-6-10-4-5-10/h1-3,10H,4-7,9H2,(H,19,20). The van der Waals surface area contributed by atoms with Crippen molar-refractivity contribution < 1.29 is 9.90 Å². The summed E-state index contributed by atoms with van der Waals surface area (Å²) >= 11 is 1.22. The van der Waals surface area contributed by atoms with Crippen molar-refractivity contribution in [3.05, 3.63) is 23.8 Å². The Morgan fingerprint density at radius 3 is 3.00 bits per heavy atom. The van der Waals surface area contributed by atoms with Gasteiger partial charge in [0.2, 0.25) is 0 Å². The second kappa shape index (κ2) is 5.78. The van der Waals surface area contributed by atoms with E-state index in [0.717, 1.165) is 24.4 Å². The summed E-state index contributed by atoms with van der Waals surface area (Å²) in [7, 11) is 0. The number of carbonyl (C=O) groups is 1. The number of aromatic nitrogens is 2. The Bertz CT molecular complexity index is 728. The Balaban J connectivity index is 1.98. The molecule has 1 aromatic carbocycles. The number of benzene rings is 1. The van der Waals surface area contributed by atoms with Crippen LogP contribution in [0.3, 0.4) is 0 Å². The van der Waals surface area contributed by atoms with Gasteiger partial charge in [-0.25, -0.2) is 4.98 Å². The van der Waals surface area contributed by atoms with Gasteiger partial charge >= 0.3 is 5.97 Å². The normalized spacial score (nSPS) is 14.2. The van der Waals surface area contributed by atoms with Gasteiger partial charge in [0.25, 0.3) is 0 Å². The molecule has 0 unspecified atom stereocenters. The van der Waals surface area contributed by atoms with Gasteiger partial charge < -0.3 is 9.67 Å². The summed E-state index contributed by atoms with van der Waals surface area (Å²) in [5.41, 5.74) is 2.13. The molecule has 3 rings (SSSR count). The first-order valence-corrected chi connectivity index (χ1v) is 7.91. The number of hydrogen-bond acceptors (Lipinski definition) is 4. The molecule has 1 aliphatic carbocycles. The average molecular weight is 301 g/mol. The number of thioether (sulfide) groups is 1. The minimum absolute atomic E-state index is 0.0192. The van der Waals surface area contributed by atoms with Gasteiger partial charge in [0.05, 0.1) is 16.8 Å². The lowest BCUT2D eigenvalue weighted by atomic mass is 10.2. The number of fused-ring (bicyclic) bond motifs is 1. The van der Waals surface area contributed by atoms with Crippen molar-refractivity contribution in [3.63, 3.8) is 0 Å². The molecule has 0 bridgehead atoms. The van der Waals surface area contributed by atoms with Crippen molar-refractivity contribution in [2.24, 2.45) is 5.92 Å². The van der Waals surface area contributed by atoms with Crippen LogP contribution in [0.25, 0.3) is 11.0 Å². The first-order chi connectivity index (χ1) is 10.2. The smallest absolute Gasteiger partial charge is 0.313 e. The number of nitrogens with zero attached hydrogens (tertiary/aromatic N) is 3. The number of carboxylic acid groups (broad SMARTS) is 1. The third-order valence-corrected chi connectivity index (χ3v) is 4.61. The van der Waals surface area contributed by atoms with Gasteiger partial charge in [-0.1, -0.05) is 30.7 Å². The summed E-state index contributed by atoms with van der Waals surface area (Å²) in [5, 5.41) is 18.7. The molecule has 1 N–H and O–H groups in total. The molecule has 6 heteroatoms. The highest BCUT2D eigenvalue weighted by atomic mass is 32.2. The highest BCUT2D eigenvalue weighted by Crippen LogP contribution is 2.34. The van der Waals surface area contributed by atoms with Gasteiger partial charge in [-0.2, -0.15) is 5.26 Å². The molecule has 1 fully saturated rings. The average Bonchev–Trinajstić information content (AvgIpc) is 3.23. The van der Waals surface area contributed by atoms with E-state index in [9.17, 15) is 10.1 Å². The molecule has 0 aliphatic heterocycles. The molecular weight excluding hydrogens is 286 g/mol. The van der Waals surface area contributed by atoms with E-state index in [-0.39, 0.29) is 5.75 Å². The van der Waals surface area contributed by atoms with Crippen molar-refractivity contribution in [1.82, 2.24) is 9.55 Å². The summed E-state index contributed by atoms with van der Waals surface area (Å²) < 4.78 is 2.06. The minimum atomic E-state index is -0.860. The number of para-hydroxylation sites is 1. The first kappa shape index (κ1) is 14.0. The Hall–Kier alpha value is -2.00. The van der Waals surface area contributed by atoms with E-state index in [1.807, 2.05) is 12.1 Å². The van der Waals surface area contributed by atoms with Gasteiger partial charge in [-0.05, 0) is 24.5 Å². The van der Waals surface area contributed by atoms with E-state index < -0.39 is 5.97 Å². The molecule has 21 heavy (non-hydrogen) atoms. The van der Waals surface area contributed by atoms with Gasteiger partial charge in [0, 0.05) is 6.54 Å². The van der Waals surface area contributed by atoms with Gasteiger partial charge in [0.1, 0.15) is 11.6 Å². The molecule has 0 saturated heterocycles. The van der Waals surface area contributed by atoms with Crippen LogP contribution in [0.2, 0.25) is 0 Å². The topological polar surface area (TPSA) is 78.9 Å². The van der Waals surface area contributed by atoms with E-state index in [4.69, 9.17) is 5.11 Å². The van der Waals surface area contributed by atoms with Crippen LogP contribution in [0, 0.1) is 17.2 Å². The van der Waals surface area contributed by atoms with Crippen molar-refractivity contribution in [2.45, 2.75) is 31.0 Å². The van der Waals surface area contributed by atoms with Crippen LogP contribution in [0.5, 0.6) is 0 Å². The number of nitriles is 1. The molecule has 0 atom stereocenters. The van der Waals surface area contributed by atoms with Crippen LogP contribution < -0.4 is 0 Å². The molecule has 1 heterocycles. The highest BCUT2D eigenvalue weighted by Gasteiger charge is 2.22. The quantitative estimate of drug-likeness (QED) is 0.830. The van der Waals surface area contributed by atoms with Crippen LogP contribution in [0.15, 0.2) is 23.4 Å². The molecule has 0 amide bonds. The summed E-state index contributed by atoms with van der Waals surface area (Å²) in [6, 6.07) is 7.69. The Morgan fingerprint density at radius 1 is 1.52 bits per heavy atom. The van der Waals surface area contributed by atoms with Gasteiger partial charge in [0.15, 0.2) is 5.16 Å². The Kier molecular flexibility index (Phi) is 3.84. The Morgan fingerprint density at radius 2 is 2.33 bits per heavy atom. The van der Waals surface area contributed by atoms with Crippen molar-refractivity contribution in [2.75, 3.05) is 5.75 Å². The maximum absolute atomic E-state index is 10.8. The van der Waals surface area contributed by atoms with Crippen LogP contribution in [0.4, 0.5) is 0 Å². The van der Waals surface area contributed by atoms with Crippen LogP contribution >= 0.6 is 11.8 Å². The van der Waals surface area contributed by atoms with Crippen molar-refractivity contribution in [1.29, 1.82) is 5.26 Å². The maximum Gasteiger partial charge on any atom is 0.313 e. The zero-order valence-corrected chi connectivity index (χ0v) is 12.3. The molecule has 0 spiro atoms. The Labute approximate surface area is 126 Å². The minimum Gasteiger partial charge on any atom is -0.481 e. The fourth-order valence-corrected chi connectivity index (χ4v) is 3.14. The molecule has 1 saturated carbocycles. The number of rotatable bonds is 6. The molecule has 5 nitrogen and oxygen atoms in total. The molecular formula is C15H15N3O2S. The number of imidazole rings is 1. The number of aryl methyl sites for hydroxylation is 1. The van der Waals surface area contributed by atoms with E-state index in [1.165, 1.54) is 24.6 Å². The third kappa shape index (κ3) is 3.03. The zero-order valence-electron chi connectivity index (χ0n) is 11.5. The monoisotopic (exact) mass is 301 g/mol. The predicted molar refractivity (Wildman–Crippen MR) is 80.1 cm³/mol.